The summed E-state index contributed by atoms with van der Waals surface area (Å²) in [7, 11) is 1.62. The highest BCUT2D eigenvalue weighted by atomic mass is 19.1. The van der Waals surface area contributed by atoms with E-state index in [1.54, 1.807) is 27.0 Å². The molecule has 6 aromatic rings. The van der Waals surface area contributed by atoms with Crippen molar-refractivity contribution in [2.75, 3.05) is 125 Å². The van der Waals surface area contributed by atoms with Crippen molar-refractivity contribution in [3.63, 3.8) is 0 Å². The molecule has 0 saturated heterocycles. The van der Waals surface area contributed by atoms with E-state index in [0.29, 0.717) is 125 Å². The molecule has 0 fully saturated rings. The van der Waals surface area contributed by atoms with Gasteiger partial charge in [-0.25, -0.2) is 23.8 Å². The third-order valence-corrected chi connectivity index (χ3v) is 18.6. The average molecular weight is 1440 g/mol. The van der Waals surface area contributed by atoms with Crippen LogP contribution in [0.5, 0.6) is 0 Å². The normalized spacial score (nSPS) is 16.4. The standard InChI is InChI=1S/C75H91FN8O20/c1-8-75(93)57-39-61-64-54(41-84(61)69(88)56(57)43-102-71(75)90)63-59(22-21-49-44(2)58(76)40-60(81-64)62(49)63)82-70(89)74(5,6)83-73(92)104-65(68(87)77-23-24-95-27-28-97-31-32-99-35-36-101-38-37-100-34-33-98-30-29-96-26-25-94-7)47-17-19-48(20-18-47)80-67(86)45(3)78-66(85)46(4)79-72(91)103-42-55-52-15-11-9-13-50(52)51-14-10-12-16-53(51)55/h9-20,39-40,45-46,55,59,65,93H,8,21-38,41-43H2,1-7H3,(H,77,87)(H,78,85)(H,79,91)(H,80,86)(H,82,89)(H,83,92)/t45-,46-,59-,65?,75-/m0/s1. The van der Waals surface area contributed by atoms with Gasteiger partial charge in [0, 0.05) is 53.4 Å². The highest BCUT2D eigenvalue weighted by molar-refractivity contribution is 5.99. The van der Waals surface area contributed by atoms with Gasteiger partial charge in [-0.1, -0.05) is 67.6 Å². The second-order valence-electron chi connectivity index (χ2n) is 26.0. The van der Waals surface area contributed by atoms with Gasteiger partial charge in [-0.2, -0.15) is 0 Å². The number of aromatic nitrogens is 2. The van der Waals surface area contributed by atoms with Gasteiger partial charge in [-0.15, -0.1) is 0 Å². The number of carbonyl (C=O) groups excluding carboxylic acids is 7. The molecule has 4 heterocycles. The van der Waals surface area contributed by atoms with Gasteiger partial charge in [0.2, 0.25) is 23.8 Å². The molecular weight excluding hydrogens is 1350 g/mol. The zero-order valence-electron chi connectivity index (χ0n) is 59.5. The number of nitrogens with one attached hydrogen (secondary N) is 6. The minimum atomic E-state index is -2.10. The molecule has 0 bridgehead atoms. The van der Waals surface area contributed by atoms with Crippen LogP contribution in [0.4, 0.5) is 19.7 Å². The van der Waals surface area contributed by atoms with E-state index >= 15 is 4.39 Å². The van der Waals surface area contributed by atoms with Crippen LogP contribution in [-0.4, -0.2) is 193 Å². The van der Waals surface area contributed by atoms with Crippen LogP contribution in [0.3, 0.4) is 0 Å². The fourth-order valence-electron chi connectivity index (χ4n) is 12.9. The number of fused-ring (bicyclic) bond motifs is 8. The van der Waals surface area contributed by atoms with E-state index in [9.17, 15) is 43.5 Å². The van der Waals surface area contributed by atoms with Crippen molar-refractivity contribution in [1.29, 1.82) is 0 Å². The lowest BCUT2D eigenvalue weighted by molar-refractivity contribution is -0.172. The zero-order chi connectivity index (χ0) is 74.1. The van der Waals surface area contributed by atoms with Crippen LogP contribution in [0.15, 0.2) is 89.7 Å². The molecule has 0 spiro atoms. The Kier molecular flexibility index (Phi) is 26.7. The fourth-order valence-corrected chi connectivity index (χ4v) is 12.9. The number of rotatable bonds is 38. The smallest absolute Gasteiger partial charge is 0.409 e. The number of methoxy groups -OCH3 is 1. The molecule has 28 nitrogen and oxygen atoms in total. The largest absolute Gasteiger partial charge is 0.458 e. The maximum absolute atomic E-state index is 15.7. The van der Waals surface area contributed by atoms with Crippen LogP contribution >= 0.6 is 0 Å². The molecule has 558 valence electrons. The summed E-state index contributed by atoms with van der Waals surface area (Å²) in [5.74, 6) is -4.32. The number of esters is 1. The number of alkyl carbamates (subject to hydrolysis) is 2. The molecule has 7 N–H and O–H groups in total. The molecule has 5 atom stereocenters. The summed E-state index contributed by atoms with van der Waals surface area (Å²) in [5, 5.41) is 28.4. The Balaban J connectivity index is 0.733. The average Bonchev–Trinajstić information content (AvgIpc) is 1.47. The Bertz CT molecular complexity index is 4110. The first-order chi connectivity index (χ1) is 50.1. The first-order valence-corrected chi connectivity index (χ1v) is 34.9. The van der Waals surface area contributed by atoms with Crippen LogP contribution in [0.1, 0.15) is 116 Å². The molecule has 10 rings (SSSR count). The summed E-state index contributed by atoms with van der Waals surface area (Å²) in [6.07, 6.45) is -3.10. The number of aryl methyl sites for hydroxylation is 1. The van der Waals surface area contributed by atoms with Gasteiger partial charge < -0.3 is 93.7 Å². The van der Waals surface area contributed by atoms with Gasteiger partial charge >= 0.3 is 18.2 Å². The lowest BCUT2D eigenvalue weighted by atomic mass is 9.81. The maximum Gasteiger partial charge on any atom is 0.409 e. The van der Waals surface area contributed by atoms with E-state index in [0.717, 1.165) is 22.3 Å². The summed E-state index contributed by atoms with van der Waals surface area (Å²) in [5.41, 5.74) is 3.51. The number of aliphatic hydroxyl groups is 1. The zero-order valence-corrected chi connectivity index (χ0v) is 59.5. The number of hydrogen-bond acceptors (Lipinski definition) is 21. The molecule has 6 amide bonds. The molecule has 104 heavy (non-hydrogen) atoms. The molecule has 29 heteroatoms. The fraction of sp³-hybridized carbons (Fsp3) is 0.480. The van der Waals surface area contributed by atoms with E-state index in [1.165, 1.54) is 62.6 Å². The number of halogens is 1. The highest BCUT2D eigenvalue weighted by Gasteiger charge is 2.47. The molecule has 0 radical (unpaired) electrons. The van der Waals surface area contributed by atoms with Crippen LogP contribution < -0.4 is 37.5 Å². The summed E-state index contributed by atoms with van der Waals surface area (Å²) >= 11 is 0. The number of carbonyl (C=O) groups is 7. The Morgan fingerprint density at radius 2 is 1.28 bits per heavy atom. The van der Waals surface area contributed by atoms with Crippen molar-refractivity contribution in [3.05, 3.63) is 151 Å². The molecule has 2 aromatic heterocycles. The monoisotopic (exact) mass is 1440 g/mol. The number of amides is 6. The van der Waals surface area contributed by atoms with Gasteiger partial charge in [0.25, 0.3) is 11.5 Å². The second kappa shape index (κ2) is 35.9. The van der Waals surface area contributed by atoms with Gasteiger partial charge in [0.15, 0.2) is 5.60 Å². The van der Waals surface area contributed by atoms with Crippen molar-refractivity contribution >= 4 is 58.4 Å². The van der Waals surface area contributed by atoms with E-state index < -0.39 is 88.5 Å². The summed E-state index contributed by atoms with van der Waals surface area (Å²) < 4.78 is 77.6. The van der Waals surface area contributed by atoms with Crippen LogP contribution in [0.25, 0.3) is 33.4 Å². The molecule has 0 saturated carbocycles. The van der Waals surface area contributed by atoms with Gasteiger partial charge in [-0.05, 0) is 111 Å². The Hall–Kier alpha value is -9.30. The molecule has 2 aliphatic carbocycles. The predicted molar refractivity (Wildman–Crippen MR) is 376 cm³/mol. The van der Waals surface area contributed by atoms with E-state index in [4.69, 9.17) is 57.1 Å². The Labute approximate surface area is 600 Å². The van der Waals surface area contributed by atoms with Crippen molar-refractivity contribution in [2.45, 2.75) is 115 Å². The minimum Gasteiger partial charge on any atom is -0.458 e. The van der Waals surface area contributed by atoms with Crippen LogP contribution in [0.2, 0.25) is 0 Å². The number of anilines is 1. The van der Waals surface area contributed by atoms with Crippen LogP contribution in [-0.2, 0) is 101 Å². The number of pyridine rings is 2. The summed E-state index contributed by atoms with van der Waals surface area (Å²) in [4.78, 5) is 115. The number of cyclic esters (lactones) is 1. The number of hydrogen-bond donors (Lipinski definition) is 7. The Morgan fingerprint density at radius 3 is 1.87 bits per heavy atom. The van der Waals surface area contributed by atoms with Crippen LogP contribution in [0, 0.1) is 12.7 Å². The lowest BCUT2D eigenvalue weighted by Gasteiger charge is -2.33. The molecular formula is C75H91FN8O20. The molecule has 1 unspecified atom stereocenters. The quantitative estimate of drug-likeness (QED) is 0.0130. The predicted octanol–water partition coefficient (Wildman–Crippen LogP) is 6.13. The first kappa shape index (κ1) is 77.3. The van der Waals surface area contributed by atoms with Crippen molar-refractivity contribution in [2.24, 2.45) is 0 Å². The molecule has 4 aromatic carbocycles. The van der Waals surface area contributed by atoms with E-state index in [-0.39, 0.29) is 92.8 Å². The summed E-state index contributed by atoms with van der Waals surface area (Å²) in [6, 6.07) is 21.5. The second-order valence-corrected chi connectivity index (χ2v) is 26.0. The Morgan fingerprint density at radius 1 is 0.712 bits per heavy atom. The molecule has 4 aliphatic rings. The van der Waals surface area contributed by atoms with Gasteiger partial charge in [0.05, 0.1) is 134 Å². The van der Waals surface area contributed by atoms with Gasteiger partial charge in [-0.3, -0.25) is 24.0 Å². The molecule has 2 aliphatic heterocycles. The lowest BCUT2D eigenvalue weighted by Crippen LogP contribution is -2.56. The minimum absolute atomic E-state index is 0.0107. The van der Waals surface area contributed by atoms with Crippen molar-refractivity contribution in [3.8, 4) is 22.5 Å². The highest BCUT2D eigenvalue weighted by Crippen LogP contribution is 2.47. The maximum atomic E-state index is 15.7. The topological polar surface area (TPSA) is 348 Å². The van der Waals surface area contributed by atoms with Crippen molar-refractivity contribution < 1.29 is 95.2 Å². The van der Waals surface area contributed by atoms with Crippen molar-refractivity contribution in [1.82, 2.24) is 36.1 Å². The third-order valence-electron chi connectivity index (χ3n) is 18.6. The van der Waals surface area contributed by atoms with E-state index in [1.807, 2.05) is 48.5 Å². The first-order valence-electron chi connectivity index (χ1n) is 34.9. The third kappa shape index (κ3) is 18.4. The number of ether oxygens (including phenoxy) is 11. The summed E-state index contributed by atoms with van der Waals surface area (Å²) in [6.45, 7) is 14.2. The number of benzene rings is 4. The SMILES string of the molecule is CC[C@@]1(O)C(=O)OCc2c1cc1n(c2=O)Cc2c-1nc1cc(F)c(C)c3c1c2[C@@H](NC(=O)C(C)(C)NC(=O)OC(C(=O)NCCOCCOCCOCCOCCOCCOCCOCCOC)c1ccc(NC(=O)[C@H](C)NC(=O)[C@H](C)NC(=O)OCC2c4ccccc4-c4ccccc42)cc1)CC3. The number of nitrogens with zero attached hydrogens (tertiary/aromatic N) is 2. The van der Waals surface area contributed by atoms with Gasteiger partial charge in [0.1, 0.15) is 36.7 Å². The van der Waals surface area contributed by atoms with E-state index in [2.05, 4.69) is 31.9 Å².